The summed E-state index contributed by atoms with van der Waals surface area (Å²) < 4.78 is 30.4. The highest BCUT2D eigenvalue weighted by molar-refractivity contribution is 8.01. The summed E-state index contributed by atoms with van der Waals surface area (Å²) in [6.07, 6.45) is 1.04. The Morgan fingerprint density at radius 1 is 1.00 bits per heavy atom. The van der Waals surface area contributed by atoms with Crippen LogP contribution in [0.2, 0.25) is 0 Å². The fraction of sp³-hybridized carbons (Fsp3) is 0.207. The van der Waals surface area contributed by atoms with Crippen molar-refractivity contribution in [2.45, 2.75) is 23.6 Å². The molecule has 0 spiro atoms. The second kappa shape index (κ2) is 11.8. The molecule has 3 N–H and O–H groups in total. The molecule has 0 saturated heterocycles. The summed E-state index contributed by atoms with van der Waals surface area (Å²) in [5.74, 6) is 0.385. The number of amides is 1. The Kier molecular flexibility index (Phi) is 8.02. The molecule has 4 aromatic rings. The molecular weight excluding hydrogens is 549 g/mol. The Hall–Kier alpha value is -4.71. The second-order valence-electron chi connectivity index (χ2n) is 9.09. The van der Waals surface area contributed by atoms with Crippen molar-refractivity contribution in [3.8, 4) is 23.0 Å². The minimum atomic E-state index is -0.669. The van der Waals surface area contributed by atoms with E-state index in [0.717, 1.165) is 22.4 Å². The highest BCUT2D eigenvalue weighted by Crippen LogP contribution is 2.42. The van der Waals surface area contributed by atoms with Gasteiger partial charge in [-0.1, -0.05) is 12.1 Å². The minimum absolute atomic E-state index is 0.0201. The molecule has 1 atom stereocenters. The Balaban J connectivity index is 1.40. The topological polar surface area (TPSA) is 118 Å². The minimum Gasteiger partial charge on any atom is -0.504 e. The number of rotatable bonds is 9. The van der Waals surface area contributed by atoms with Gasteiger partial charge in [0.1, 0.15) is 5.75 Å². The molecule has 0 fully saturated rings. The van der Waals surface area contributed by atoms with Gasteiger partial charge in [-0.25, -0.2) is 9.37 Å². The number of carbonyl (C=O) groups excluding carboxylic acids is 1. The molecule has 0 saturated carbocycles. The van der Waals surface area contributed by atoms with E-state index in [-0.39, 0.29) is 34.4 Å². The molecule has 1 aromatic heterocycles. The number of phenols is 1. The number of nitrogens with zero attached hydrogens (tertiary/aromatic N) is 3. The van der Waals surface area contributed by atoms with Crippen molar-refractivity contribution in [3.63, 3.8) is 0 Å². The molecule has 1 aliphatic heterocycles. The SMILES string of the molecule is COc1ccc(CN2C(=O)C(C)Sc3ccc(Nc4nc(Nc5cc(O)c(OC)c(OC)c5)ncc4F)cc32)cc1. The number of ether oxygens (including phenoxy) is 3. The van der Waals surface area contributed by atoms with Crippen LogP contribution in [0.3, 0.4) is 0 Å². The van der Waals surface area contributed by atoms with Crippen molar-refractivity contribution >= 4 is 46.5 Å². The van der Waals surface area contributed by atoms with Crippen LogP contribution in [-0.4, -0.2) is 47.6 Å². The molecule has 1 amide bonds. The van der Waals surface area contributed by atoms with Gasteiger partial charge >= 0.3 is 0 Å². The normalized spacial score (nSPS) is 14.3. The lowest BCUT2D eigenvalue weighted by Crippen LogP contribution is -2.39. The highest BCUT2D eigenvalue weighted by Gasteiger charge is 2.31. The van der Waals surface area contributed by atoms with E-state index in [0.29, 0.717) is 29.4 Å². The van der Waals surface area contributed by atoms with Gasteiger partial charge in [0.2, 0.25) is 17.6 Å². The van der Waals surface area contributed by atoms with Gasteiger partial charge in [-0.3, -0.25) is 4.79 Å². The van der Waals surface area contributed by atoms with E-state index in [1.165, 1.54) is 32.0 Å². The van der Waals surface area contributed by atoms with Crippen molar-refractivity contribution in [1.82, 2.24) is 9.97 Å². The maximum absolute atomic E-state index is 14.8. The van der Waals surface area contributed by atoms with Crippen LogP contribution in [0, 0.1) is 5.82 Å². The quantitative estimate of drug-likeness (QED) is 0.223. The number of aromatic hydroxyl groups is 1. The van der Waals surface area contributed by atoms with Crippen molar-refractivity contribution in [1.29, 1.82) is 0 Å². The van der Waals surface area contributed by atoms with Gasteiger partial charge in [0.25, 0.3) is 0 Å². The number of anilines is 5. The standard InChI is InChI=1S/C29H28FN5O5S/c1-16-28(37)35(15-17-5-8-20(38-2)9-6-17)22-11-18(7-10-25(22)41-16)32-27-21(30)14-31-29(34-27)33-19-12-23(36)26(40-4)24(13-19)39-3/h5-14,16,36H,15H2,1-4H3,(H2,31,32,33,34). The molecule has 41 heavy (non-hydrogen) atoms. The number of phenolic OH excluding ortho intramolecular Hbond substituents is 1. The van der Waals surface area contributed by atoms with E-state index < -0.39 is 5.82 Å². The first-order chi connectivity index (χ1) is 19.8. The Bertz CT molecular complexity index is 1590. The number of thioether (sulfide) groups is 1. The lowest BCUT2D eigenvalue weighted by Gasteiger charge is -2.33. The van der Waals surface area contributed by atoms with Gasteiger partial charge in [-0.05, 0) is 42.8 Å². The largest absolute Gasteiger partial charge is 0.504 e. The van der Waals surface area contributed by atoms with Crippen LogP contribution in [-0.2, 0) is 11.3 Å². The smallest absolute Gasteiger partial charge is 0.240 e. The van der Waals surface area contributed by atoms with Crippen LogP contribution in [0.25, 0.3) is 0 Å². The van der Waals surface area contributed by atoms with E-state index >= 15 is 0 Å². The van der Waals surface area contributed by atoms with Gasteiger partial charge in [0.05, 0.1) is 45.0 Å². The number of nitrogens with one attached hydrogen (secondary N) is 2. The Morgan fingerprint density at radius 2 is 1.78 bits per heavy atom. The van der Waals surface area contributed by atoms with Gasteiger partial charge < -0.3 is 34.9 Å². The van der Waals surface area contributed by atoms with Crippen LogP contribution in [0.5, 0.6) is 23.0 Å². The average molecular weight is 578 g/mol. The lowest BCUT2D eigenvalue weighted by atomic mass is 10.1. The zero-order valence-electron chi connectivity index (χ0n) is 22.8. The van der Waals surface area contributed by atoms with Crippen LogP contribution < -0.4 is 29.7 Å². The van der Waals surface area contributed by atoms with Crippen molar-refractivity contribution < 1.29 is 28.5 Å². The molecule has 0 aliphatic carbocycles. The zero-order valence-corrected chi connectivity index (χ0v) is 23.6. The third-order valence-corrected chi connectivity index (χ3v) is 7.54. The number of carbonyl (C=O) groups is 1. The van der Waals surface area contributed by atoms with E-state index in [9.17, 15) is 14.3 Å². The van der Waals surface area contributed by atoms with E-state index in [4.69, 9.17) is 14.2 Å². The summed E-state index contributed by atoms with van der Waals surface area (Å²) in [4.78, 5) is 24.2. The number of hydrogen-bond donors (Lipinski definition) is 3. The summed E-state index contributed by atoms with van der Waals surface area (Å²) in [5.41, 5.74) is 2.61. The second-order valence-corrected chi connectivity index (χ2v) is 10.5. The van der Waals surface area contributed by atoms with Gasteiger partial charge in [-0.2, -0.15) is 4.98 Å². The van der Waals surface area contributed by atoms with Crippen LogP contribution in [0.1, 0.15) is 12.5 Å². The maximum Gasteiger partial charge on any atom is 0.240 e. The maximum atomic E-state index is 14.8. The third kappa shape index (κ3) is 5.92. The van der Waals surface area contributed by atoms with Crippen molar-refractivity contribution in [3.05, 3.63) is 72.2 Å². The summed E-state index contributed by atoms with van der Waals surface area (Å²) in [6, 6.07) is 16.1. The number of aromatic nitrogens is 2. The fourth-order valence-electron chi connectivity index (χ4n) is 4.36. The van der Waals surface area contributed by atoms with E-state index in [1.54, 1.807) is 30.2 Å². The summed E-state index contributed by atoms with van der Waals surface area (Å²) in [7, 11) is 4.47. The van der Waals surface area contributed by atoms with Gasteiger partial charge in [-0.15, -0.1) is 11.8 Å². The molecule has 2 heterocycles. The molecule has 12 heteroatoms. The highest BCUT2D eigenvalue weighted by atomic mass is 32.2. The first kappa shape index (κ1) is 27.8. The number of fused-ring (bicyclic) bond motifs is 1. The Morgan fingerprint density at radius 3 is 2.49 bits per heavy atom. The zero-order chi connectivity index (χ0) is 29.1. The average Bonchev–Trinajstić information content (AvgIpc) is 2.97. The number of methoxy groups -OCH3 is 3. The molecule has 212 valence electrons. The molecule has 1 aliphatic rings. The van der Waals surface area contributed by atoms with Crippen LogP contribution >= 0.6 is 11.8 Å². The predicted octanol–water partition coefficient (Wildman–Crippen LogP) is 5.86. The molecule has 1 unspecified atom stereocenters. The predicted molar refractivity (Wildman–Crippen MR) is 156 cm³/mol. The van der Waals surface area contributed by atoms with E-state index in [1.807, 2.05) is 37.3 Å². The summed E-state index contributed by atoms with van der Waals surface area (Å²) in [5, 5.41) is 15.9. The molecule has 0 bridgehead atoms. The first-order valence-electron chi connectivity index (χ1n) is 12.6. The molecule has 5 rings (SSSR count). The molecular formula is C29H28FN5O5S. The lowest BCUT2D eigenvalue weighted by molar-refractivity contribution is -0.118. The van der Waals surface area contributed by atoms with Crippen molar-refractivity contribution in [2.75, 3.05) is 36.9 Å². The molecule has 10 nitrogen and oxygen atoms in total. The van der Waals surface area contributed by atoms with Gasteiger partial charge in [0, 0.05) is 28.4 Å². The first-order valence-corrected chi connectivity index (χ1v) is 13.4. The number of benzene rings is 3. The van der Waals surface area contributed by atoms with Crippen molar-refractivity contribution in [2.24, 2.45) is 0 Å². The van der Waals surface area contributed by atoms with E-state index in [2.05, 4.69) is 20.6 Å². The fourth-order valence-corrected chi connectivity index (χ4v) is 5.40. The van der Waals surface area contributed by atoms with Crippen LogP contribution in [0.4, 0.5) is 33.2 Å². The number of halogens is 1. The molecule has 3 aromatic carbocycles. The summed E-state index contributed by atoms with van der Waals surface area (Å²) >= 11 is 1.48. The van der Waals surface area contributed by atoms with Crippen LogP contribution in [0.15, 0.2) is 65.7 Å². The molecule has 0 radical (unpaired) electrons. The van der Waals surface area contributed by atoms with Gasteiger partial charge in [0.15, 0.2) is 23.1 Å². The Labute approximate surface area is 240 Å². The number of hydrogen-bond acceptors (Lipinski definition) is 10. The third-order valence-electron chi connectivity index (χ3n) is 6.39. The summed E-state index contributed by atoms with van der Waals surface area (Å²) in [6.45, 7) is 2.25. The monoisotopic (exact) mass is 577 g/mol.